The van der Waals surface area contributed by atoms with Gasteiger partial charge in [-0.1, -0.05) is 6.07 Å². The Morgan fingerprint density at radius 2 is 1.75 bits per heavy atom. The van der Waals surface area contributed by atoms with E-state index in [1.54, 1.807) is 7.11 Å². The van der Waals surface area contributed by atoms with Crippen LogP contribution in [0, 0.1) is 43.4 Å². The molecule has 108 valence electrons. The first kappa shape index (κ1) is 12.7. The fourth-order valence-corrected chi connectivity index (χ4v) is 5.47. The van der Waals surface area contributed by atoms with Crippen molar-refractivity contribution in [3.63, 3.8) is 0 Å². The van der Waals surface area contributed by atoms with Crippen molar-refractivity contribution in [2.45, 2.75) is 39.2 Å². The lowest BCUT2D eigenvalue weighted by Crippen LogP contribution is -2.18. The Labute approximate surface area is 121 Å². The van der Waals surface area contributed by atoms with Crippen LogP contribution in [0.3, 0.4) is 0 Å². The molecule has 5 unspecified atom stereocenters. The van der Waals surface area contributed by atoms with Gasteiger partial charge in [0.15, 0.2) is 0 Å². The summed E-state index contributed by atoms with van der Waals surface area (Å²) in [5, 5.41) is 0. The van der Waals surface area contributed by atoms with Crippen LogP contribution >= 0.6 is 0 Å². The van der Waals surface area contributed by atoms with Gasteiger partial charge in [0, 0.05) is 6.04 Å². The number of fused-ring (bicyclic) bond motifs is 5. The van der Waals surface area contributed by atoms with E-state index in [9.17, 15) is 0 Å². The van der Waals surface area contributed by atoms with Crippen LogP contribution in [0.2, 0.25) is 0 Å². The van der Waals surface area contributed by atoms with E-state index in [0.717, 1.165) is 35.3 Å². The predicted octanol–water partition coefficient (Wildman–Crippen LogP) is 3.60. The van der Waals surface area contributed by atoms with Crippen molar-refractivity contribution >= 4 is 0 Å². The summed E-state index contributed by atoms with van der Waals surface area (Å²) in [5.41, 5.74) is 10.5. The summed E-state index contributed by atoms with van der Waals surface area (Å²) in [4.78, 5) is 0. The van der Waals surface area contributed by atoms with Gasteiger partial charge in [-0.15, -0.1) is 0 Å². The van der Waals surface area contributed by atoms with Crippen LogP contribution in [0.15, 0.2) is 12.1 Å². The maximum absolute atomic E-state index is 6.66. The molecule has 2 N–H and O–H groups in total. The number of aryl methyl sites for hydroxylation is 2. The molecule has 3 aliphatic carbocycles. The highest BCUT2D eigenvalue weighted by molar-refractivity contribution is 5.43. The first-order chi connectivity index (χ1) is 9.61. The Hall–Kier alpha value is -1.02. The SMILES string of the molecule is COc1cc(C)c(C(N)C2C3C4CCC(C4)C32)cc1C. The normalized spacial score (nSPS) is 38.7. The highest BCUT2D eigenvalue weighted by Crippen LogP contribution is 2.71. The molecule has 4 rings (SSSR count). The van der Waals surface area contributed by atoms with E-state index in [-0.39, 0.29) is 6.04 Å². The van der Waals surface area contributed by atoms with Gasteiger partial charge < -0.3 is 10.5 Å². The zero-order valence-electron chi connectivity index (χ0n) is 12.7. The van der Waals surface area contributed by atoms with Gasteiger partial charge in [-0.3, -0.25) is 0 Å². The van der Waals surface area contributed by atoms with Crippen molar-refractivity contribution in [1.82, 2.24) is 0 Å². The van der Waals surface area contributed by atoms with E-state index >= 15 is 0 Å². The summed E-state index contributed by atoms with van der Waals surface area (Å²) in [7, 11) is 1.74. The third kappa shape index (κ3) is 1.60. The molecule has 0 aromatic heterocycles. The summed E-state index contributed by atoms with van der Waals surface area (Å²) >= 11 is 0. The summed E-state index contributed by atoms with van der Waals surface area (Å²) in [6, 6.07) is 4.64. The molecule has 0 amide bonds. The number of hydrogen-bond acceptors (Lipinski definition) is 2. The van der Waals surface area contributed by atoms with Crippen molar-refractivity contribution in [3.8, 4) is 5.75 Å². The minimum atomic E-state index is 0.234. The standard InChI is InChI=1S/C18H25NO/c1-9-7-14(20-3)10(2)6-13(9)18(19)17-15-11-4-5-12(8-11)16(15)17/h6-7,11-12,15-18H,4-5,8,19H2,1-3H3. The molecule has 0 spiro atoms. The van der Waals surface area contributed by atoms with Crippen LogP contribution in [0.5, 0.6) is 5.75 Å². The largest absolute Gasteiger partial charge is 0.496 e. The number of ether oxygens (including phenoxy) is 1. The summed E-state index contributed by atoms with van der Waals surface area (Å²) in [5.74, 6) is 5.64. The maximum Gasteiger partial charge on any atom is 0.122 e. The lowest BCUT2D eigenvalue weighted by atomic mass is 9.90. The Morgan fingerprint density at radius 1 is 1.10 bits per heavy atom. The molecule has 3 saturated carbocycles. The molecule has 20 heavy (non-hydrogen) atoms. The van der Waals surface area contributed by atoms with Gasteiger partial charge in [0.05, 0.1) is 7.11 Å². The van der Waals surface area contributed by atoms with E-state index in [0.29, 0.717) is 0 Å². The second-order valence-electron chi connectivity index (χ2n) is 7.27. The topological polar surface area (TPSA) is 35.2 Å². The number of rotatable bonds is 3. The van der Waals surface area contributed by atoms with Crippen molar-refractivity contribution in [2.24, 2.45) is 35.3 Å². The number of benzene rings is 1. The lowest BCUT2D eigenvalue weighted by molar-refractivity contribution is 0.407. The molecule has 2 heteroatoms. The molecule has 3 aliphatic rings. The minimum absolute atomic E-state index is 0.234. The van der Waals surface area contributed by atoms with Crippen molar-refractivity contribution in [3.05, 3.63) is 28.8 Å². The Balaban J connectivity index is 1.61. The van der Waals surface area contributed by atoms with Crippen molar-refractivity contribution in [2.75, 3.05) is 7.11 Å². The van der Waals surface area contributed by atoms with Gasteiger partial charge in [0.25, 0.3) is 0 Å². The van der Waals surface area contributed by atoms with Crippen molar-refractivity contribution < 1.29 is 4.74 Å². The molecule has 0 saturated heterocycles. The summed E-state index contributed by atoms with van der Waals surface area (Å²) in [6.07, 6.45) is 4.44. The molecule has 0 radical (unpaired) electrons. The Bertz CT molecular complexity index is 537. The van der Waals surface area contributed by atoms with Gasteiger partial charge in [0.2, 0.25) is 0 Å². The van der Waals surface area contributed by atoms with Crippen LogP contribution in [-0.4, -0.2) is 7.11 Å². The van der Waals surface area contributed by atoms with Crippen LogP contribution < -0.4 is 10.5 Å². The van der Waals surface area contributed by atoms with Gasteiger partial charge in [0.1, 0.15) is 5.75 Å². The van der Waals surface area contributed by atoms with E-state index in [2.05, 4.69) is 26.0 Å². The van der Waals surface area contributed by atoms with E-state index in [1.165, 1.54) is 36.0 Å². The van der Waals surface area contributed by atoms with Crippen LogP contribution in [-0.2, 0) is 0 Å². The van der Waals surface area contributed by atoms with Gasteiger partial charge in [-0.05, 0) is 85.5 Å². The zero-order valence-corrected chi connectivity index (χ0v) is 12.7. The fraction of sp³-hybridized carbons (Fsp3) is 0.667. The van der Waals surface area contributed by atoms with Gasteiger partial charge in [-0.2, -0.15) is 0 Å². The Kier molecular flexibility index (Phi) is 2.69. The van der Waals surface area contributed by atoms with Gasteiger partial charge >= 0.3 is 0 Å². The predicted molar refractivity (Wildman–Crippen MR) is 80.7 cm³/mol. The third-order valence-corrected chi connectivity index (χ3v) is 6.35. The summed E-state index contributed by atoms with van der Waals surface area (Å²) < 4.78 is 5.41. The van der Waals surface area contributed by atoms with Gasteiger partial charge in [-0.25, -0.2) is 0 Å². The number of methoxy groups -OCH3 is 1. The second kappa shape index (κ2) is 4.24. The Morgan fingerprint density at radius 3 is 2.35 bits per heavy atom. The van der Waals surface area contributed by atoms with Crippen LogP contribution in [0.1, 0.15) is 42.0 Å². The lowest BCUT2D eigenvalue weighted by Gasteiger charge is -2.20. The zero-order chi connectivity index (χ0) is 14.0. The molecule has 2 nitrogen and oxygen atoms in total. The first-order valence-electron chi connectivity index (χ1n) is 8.02. The quantitative estimate of drug-likeness (QED) is 0.911. The second-order valence-corrected chi connectivity index (χ2v) is 7.27. The third-order valence-electron chi connectivity index (χ3n) is 6.35. The van der Waals surface area contributed by atoms with Crippen LogP contribution in [0.25, 0.3) is 0 Å². The van der Waals surface area contributed by atoms with Crippen molar-refractivity contribution in [1.29, 1.82) is 0 Å². The summed E-state index contributed by atoms with van der Waals surface area (Å²) in [6.45, 7) is 4.29. The molecule has 0 heterocycles. The molecule has 1 aromatic rings. The minimum Gasteiger partial charge on any atom is -0.496 e. The number of hydrogen-bond donors (Lipinski definition) is 1. The highest BCUT2D eigenvalue weighted by atomic mass is 16.5. The molecule has 5 atom stereocenters. The average molecular weight is 271 g/mol. The molecule has 0 aliphatic heterocycles. The fourth-order valence-electron chi connectivity index (χ4n) is 5.47. The maximum atomic E-state index is 6.66. The molecule has 2 bridgehead atoms. The van der Waals surface area contributed by atoms with Crippen LogP contribution in [0.4, 0.5) is 0 Å². The van der Waals surface area contributed by atoms with E-state index < -0.39 is 0 Å². The van der Waals surface area contributed by atoms with E-state index in [1.807, 2.05) is 0 Å². The monoisotopic (exact) mass is 271 g/mol. The van der Waals surface area contributed by atoms with E-state index in [4.69, 9.17) is 10.5 Å². The molecular weight excluding hydrogens is 246 g/mol. The molecule has 3 fully saturated rings. The molecular formula is C18H25NO. The molecule has 1 aromatic carbocycles. The highest BCUT2D eigenvalue weighted by Gasteiger charge is 2.66. The average Bonchev–Trinajstić information content (AvgIpc) is 2.88. The number of nitrogens with two attached hydrogens (primary N) is 1. The smallest absolute Gasteiger partial charge is 0.122 e. The first-order valence-corrected chi connectivity index (χ1v) is 8.02.